The number of rotatable bonds is 12. The maximum Gasteiger partial charge on any atom is 0.471 e. The number of carbonyl (C=O) groups is 1. The van der Waals surface area contributed by atoms with E-state index in [2.05, 4.69) is 0 Å². The number of aryl methyl sites for hydroxylation is 1. The molecule has 0 N–H and O–H groups in total. The Bertz CT molecular complexity index is 787. The Morgan fingerprint density at radius 3 is 2.13 bits per heavy atom. The fourth-order valence-electron chi connectivity index (χ4n) is 3.58. The molecular formula is C26H32F3NO. The van der Waals surface area contributed by atoms with E-state index >= 15 is 0 Å². The largest absolute Gasteiger partial charge is 0.471 e. The van der Waals surface area contributed by atoms with Gasteiger partial charge in [0, 0.05) is 6.54 Å². The lowest BCUT2D eigenvalue weighted by Gasteiger charge is -2.31. The molecule has 0 spiro atoms. The number of hydrogen-bond acceptors (Lipinski definition) is 1. The van der Waals surface area contributed by atoms with Crippen LogP contribution in [0.5, 0.6) is 0 Å². The van der Waals surface area contributed by atoms with Crippen molar-refractivity contribution in [2.75, 3.05) is 6.54 Å². The van der Waals surface area contributed by atoms with Crippen molar-refractivity contribution in [3.05, 3.63) is 83.9 Å². The zero-order chi connectivity index (χ0) is 22.5. The van der Waals surface area contributed by atoms with E-state index in [-0.39, 0.29) is 6.54 Å². The van der Waals surface area contributed by atoms with Crippen LogP contribution < -0.4 is 0 Å². The van der Waals surface area contributed by atoms with Crippen LogP contribution in [0.2, 0.25) is 0 Å². The van der Waals surface area contributed by atoms with Gasteiger partial charge in [-0.25, -0.2) is 0 Å². The molecule has 2 aromatic rings. The Hall–Kier alpha value is -2.56. The topological polar surface area (TPSA) is 20.3 Å². The van der Waals surface area contributed by atoms with Crippen molar-refractivity contribution in [2.45, 2.75) is 64.1 Å². The zero-order valence-electron chi connectivity index (χ0n) is 18.2. The molecule has 0 aliphatic rings. The van der Waals surface area contributed by atoms with Gasteiger partial charge >= 0.3 is 12.1 Å². The van der Waals surface area contributed by atoms with Gasteiger partial charge in [-0.3, -0.25) is 4.79 Å². The van der Waals surface area contributed by atoms with E-state index in [4.69, 9.17) is 0 Å². The lowest BCUT2D eigenvalue weighted by atomic mass is 10.0. The van der Waals surface area contributed by atoms with Gasteiger partial charge < -0.3 is 4.90 Å². The first-order valence-electron chi connectivity index (χ1n) is 11.0. The summed E-state index contributed by atoms with van der Waals surface area (Å²) in [7, 11) is 0. The summed E-state index contributed by atoms with van der Waals surface area (Å²) in [6, 6.07) is 18.8. The van der Waals surface area contributed by atoms with Crippen LogP contribution in [0.4, 0.5) is 13.2 Å². The average molecular weight is 432 g/mol. The molecule has 2 nitrogen and oxygen atoms in total. The predicted molar refractivity (Wildman–Crippen MR) is 120 cm³/mol. The summed E-state index contributed by atoms with van der Waals surface area (Å²) < 4.78 is 40.1. The van der Waals surface area contributed by atoms with E-state index in [0.717, 1.165) is 35.3 Å². The number of allylic oxidation sites excluding steroid dienone is 1. The highest BCUT2D eigenvalue weighted by molar-refractivity contribution is 5.82. The fourth-order valence-corrected chi connectivity index (χ4v) is 3.58. The van der Waals surface area contributed by atoms with Gasteiger partial charge in [-0.15, -0.1) is 0 Å². The maximum atomic E-state index is 13.4. The van der Waals surface area contributed by atoms with E-state index in [1.165, 1.54) is 0 Å². The van der Waals surface area contributed by atoms with Crippen LogP contribution in [0.1, 0.15) is 50.2 Å². The second-order valence-electron chi connectivity index (χ2n) is 7.77. The summed E-state index contributed by atoms with van der Waals surface area (Å²) in [6.07, 6.45) is 3.79. The third-order valence-electron chi connectivity index (χ3n) is 5.28. The number of alkyl halides is 3. The van der Waals surface area contributed by atoms with Crippen LogP contribution in [0, 0.1) is 0 Å². The van der Waals surface area contributed by atoms with Crippen LogP contribution >= 0.6 is 0 Å². The first-order valence-corrected chi connectivity index (χ1v) is 11.0. The van der Waals surface area contributed by atoms with Crippen molar-refractivity contribution in [1.29, 1.82) is 0 Å². The van der Waals surface area contributed by atoms with Gasteiger partial charge in [0.05, 0.1) is 6.04 Å². The van der Waals surface area contributed by atoms with Gasteiger partial charge in [0.15, 0.2) is 0 Å². The number of halogens is 3. The third-order valence-corrected chi connectivity index (χ3v) is 5.28. The number of nitrogens with zero attached hydrogens (tertiary/aromatic N) is 1. The Labute approximate surface area is 183 Å². The van der Waals surface area contributed by atoms with Crippen molar-refractivity contribution in [3.63, 3.8) is 0 Å². The van der Waals surface area contributed by atoms with Crippen LogP contribution in [-0.4, -0.2) is 29.6 Å². The number of unbranched alkanes of at least 4 members (excludes halogenated alkanes) is 3. The summed E-state index contributed by atoms with van der Waals surface area (Å²) >= 11 is 0. The minimum atomic E-state index is -4.87. The monoisotopic (exact) mass is 431 g/mol. The number of carbonyl (C=O) groups excluding carboxylic acids is 1. The minimum Gasteiger partial charge on any atom is -0.328 e. The van der Waals surface area contributed by atoms with Crippen molar-refractivity contribution in [3.8, 4) is 0 Å². The lowest BCUT2D eigenvalue weighted by molar-refractivity contribution is -0.187. The smallest absolute Gasteiger partial charge is 0.328 e. The SMILES string of the molecule is CCCCCCN(C(=O)C(F)(F)F)[C@H](/C=C/Cc1ccccc1)CCc1ccccc1. The molecule has 0 aromatic heterocycles. The molecule has 1 atom stereocenters. The van der Waals surface area contributed by atoms with Gasteiger partial charge in [0.1, 0.15) is 0 Å². The highest BCUT2D eigenvalue weighted by Gasteiger charge is 2.43. The lowest BCUT2D eigenvalue weighted by Crippen LogP contribution is -2.47. The van der Waals surface area contributed by atoms with Crippen molar-refractivity contribution >= 4 is 5.91 Å². The molecule has 5 heteroatoms. The van der Waals surface area contributed by atoms with E-state index in [0.29, 0.717) is 25.7 Å². The molecule has 0 bridgehead atoms. The standard InChI is InChI=1S/C26H32F3NO/c1-2-3-4-11-21-30(25(31)26(27,28)29)24(20-19-23-15-9-6-10-16-23)18-12-17-22-13-7-5-8-14-22/h5-10,12-16,18,24H,2-4,11,17,19-21H2,1H3/b18-12+/t24-/m1/s1. The molecule has 0 saturated carbocycles. The number of hydrogen-bond donors (Lipinski definition) is 0. The highest BCUT2D eigenvalue weighted by atomic mass is 19.4. The first-order chi connectivity index (χ1) is 14.9. The van der Waals surface area contributed by atoms with Gasteiger partial charge in [-0.2, -0.15) is 13.2 Å². The van der Waals surface area contributed by atoms with Crippen molar-refractivity contribution in [1.82, 2.24) is 4.90 Å². The predicted octanol–water partition coefficient (Wildman–Crippen LogP) is 6.76. The second-order valence-corrected chi connectivity index (χ2v) is 7.77. The molecule has 0 fully saturated rings. The van der Waals surface area contributed by atoms with Crippen LogP contribution in [0.15, 0.2) is 72.8 Å². The molecule has 0 aliphatic carbocycles. The molecule has 0 saturated heterocycles. The van der Waals surface area contributed by atoms with E-state index in [9.17, 15) is 18.0 Å². The second kappa shape index (κ2) is 13.0. The Morgan fingerprint density at radius 2 is 1.55 bits per heavy atom. The van der Waals surface area contributed by atoms with Crippen LogP contribution in [-0.2, 0) is 17.6 Å². The van der Waals surface area contributed by atoms with Gasteiger partial charge in [-0.05, 0) is 36.8 Å². The zero-order valence-corrected chi connectivity index (χ0v) is 18.2. The Balaban J connectivity index is 2.19. The van der Waals surface area contributed by atoms with Gasteiger partial charge in [0.25, 0.3) is 0 Å². The fraction of sp³-hybridized carbons (Fsp3) is 0.423. The molecule has 0 heterocycles. The number of benzene rings is 2. The average Bonchev–Trinajstić information content (AvgIpc) is 2.77. The molecule has 0 radical (unpaired) electrons. The molecule has 168 valence electrons. The Kier molecular flexibility index (Phi) is 10.3. The van der Waals surface area contributed by atoms with Crippen LogP contribution in [0.25, 0.3) is 0 Å². The molecule has 2 rings (SSSR count). The molecule has 0 aliphatic heterocycles. The molecule has 2 aromatic carbocycles. The van der Waals surface area contributed by atoms with Crippen LogP contribution in [0.3, 0.4) is 0 Å². The van der Waals surface area contributed by atoms with E-state index in [1.807, 2.05) is 73.7 Å². The molecular weight excluding hydrogens is 399 g/mol. The summed E-state index contributed by atoms with van der Waals surface area (Å²) in [5, 5.41) is 0. The summed E-state index contributed by atoms with van der Waals surface area (Å²) in [5.74, 6) is -1.74. The third kappa shape index (κ3) is 8.99. The summed E-state index contributed by atoms with van der Waals surface area (Å²) in [4.78, 5) is 13.3. The van der Waals surface area contributed by atoms with E-state index in [1.54, 1.807) is 6.08 Å². The van der Waals surface area contributed by atoms with Crippen molar-refractivity contribution < 1.29 is 18.0 Å². The molecule has 1 amide bonds. The molecule has 0 unspecified atom stereocenters. The quantitative estimate of drug-likeness (QED) is 0.269. The highest BCUT2D eigenvalue weighted by Crippen LogP contribution is 2.23. The normalized spacial score (nSPS) is 12.8. The summed E-state index contributed by atoms with van der Waals surface area (Å²) in [5.41, 5.74) is 2.13. The first kappa shape index (κ1) is 24.7. The molecule has 31 heavy (non-hydrogen) atoms. The maximum absolute atomic E-state index is 13.4. The van der Waals surface area contributed by atoms with E-state index < -0.39 is 18.1 Å². The Morgan fingerprint density at radius 1 is 0.935 bits per heavy atom. The minimum absolute atomic E-state index is 0.119. The van der Waals surface area contributed by atoms with Gasteiger partial charge in [0.2, 0.25) is 0 Å². The summed E-state index contributed by atoms with van der Waals surface area (Å²) in [6.45, 7) is 2.17. The van der Waals surface area contributed by atoms with Crippen molar-refractivity contribution in [2.24, 2.45) is 0 Å². The number of amides is 1. The van der Waals surface area contributed by atoms with Gasteiger partial charge in [-0.1, -0.05) is 99.0 Å².